The zero-order chi connectivity index (χ0) is 20.3. The van der Waals surface area contributed by atoms with Gasteiger partial charge in [-0.25, -0.2) is 8.42 Å². The number of amides is 1. The van der Waals surface area contributed by atoms with E-state index >= 15 is 0 Å². The van der Waals surface area contributed by atoms with Crippen LogP contribution in [0.1, 0.15) is 19.0 Å². The van der Waals surface area contributed by atoms with Crippen LogP contribution >= 0.6 is 0 Å². The van der Waals surface area contributed by atoms with E-state index in [4.69, 9.17) is 4.74 Å². The van der Waals surface area contributed by atoms with Gasteiger partial charge in [0.05, 0.1) is 30.8 Å². The molecule has 1 amide bonds. The molecule has 0 N–H and O–H groups in total. The van der Waals surface area contributed by atoms with Gasteiger partial charge in [-0.15, -0.1) is 0 Å². The van der Waals surface area contributed by atoms with Crippen molar-refractivity contribution in [3.8, 4) is 0 Å². The molecule has 10 nitrogen and oxygen atoms in total. The summed E-state index contributed by atoms with van der Waals surface area (Å²) in [5, 5.41) is 8.89. The zero-order valence-corrected chi connectivity index (χ0v) is 17.5. The van der Waals surface area contributed by atoms with Gasteiger partial charge >= 0.3 is 0 Å². The Morgan fingerprint density at radius 1 is 1.21 bits per heavy atom. The maximum atomic E-state index is 12.6. The number of ether oxygens (including phenoxy) is 1. The van der Waals surface area contributed by atoms with Crippen LogP contribution in [0.25, 0.3) is 11.0 Å². The van der Waals surface area contributed by atoms with Crippen molar-refractivity contribution in [1.82, 2.24) is 28.8 Å². The van der Waals surface area contributed by atoms with E-state index in [0.717, 1.165) is 23.3 Å². The molecule has 1 aliphatic heterocycles. The van der Waals surface area contributed by atoms with Crippen LogP contribution < -0.4 is 0 Å². The van der Waals surface area contributed by atoms with Crippen LogP contribution in [0.2, 0.25) is 0 Å². The molecule has 1 fully saturated rings. The summed E-state index contributed by atoms with van der Waals surface area (Å²) in [6.45, 7) is 6.86. The number of rotatable bonds is 8. The molecule has 0 saturated carbocycles. The second-order valence-electron chi connectivity index (χ2n) is 6.84. The Morgan fingerprint density at radius 3 is 2.57 bits per heavy atom. The van der Waals surface area contributed by atoms with Crippen LogP contribution in [0.5, 0.6) is 0 Å². The molecule has 11 heteroatoms. The van der Waals surface area contributed by atoms with Gasteiger partial charge in [0.15, 0.2) is 0 Å². The number of hydrogen-bond acceptors (Lipinski definition) is 6. The Kier molecular flexibility index (Phi) is 6.36. The third-order valence-electron chi connectivity index (χ3n) is 5.08. The summed E-state index contributed by atoms with van der Waals surface area (Å²) in [5.41, 5.74) is 2.84. The van der Waals surface area contributed by atoms with Crippen LogP contribution in [0, 0.1) is 6.92 Å². The monoisotopic (exact) mass is 412 g/mol. The number of hydrogen-bond donors (Lipinski definition) is 0. The summed E-state index contributed by atoms with van der Waals surface area (Å²) in [5.74, 6) is -0.0181. The first kappa shape index (κ1) is 20.7. The molecule has 3 rings (SSSR count). The standard InChI is InChI=1S/C17H28N6O4S/c1-4-22-15-13-18-23(17(15)14(2)19-22)6-5-16(24)20-7-9-21(10-8-20)28(25,26)12-11-27-3/h13H,4-12H2,1-3H3. The number of methoxy groups -OCH3 is 1. The molecule has 0 atom stereocenters. The molecule has 2 aromatic rings. The molecule has 156 valence electrons. The molecule has 2 aromatic heterocycles. The van der Waals surface area contributed by atoms with E-state index in [1.165, 1.54) is 11.4 Å². The molecule has 0 spiro atoms. The van der Waals surface area contributed by atoms with Gasteiger partial charge in [0.2, 0.25) is 15.9 Å². The molecule has 28 heavy (non-hydrogen) atoms. The van der Waals surface area contributed by atoms with Gasteiger partial charge < -0.3 is 9.64 Å². The zero-order valence-electron chi connectivity index (χ0n) is 16.7. The maximum absolute atomic E-state index is 12.6. The van der Waals surface area contributed by atoms with Crippen molar-refractivity contribution in [3.63, 3.8) is 0 Å². The van der Waals surface area contributed by atoms with E-state index < -0.39 is 10.0 Å². The third kappa shape index (κ3) is 4.20. The third-order valence-corrected chi connectivity index (χ3v) is 6.91. The van der Waals surface area contributed by atoms with Crippen molar-refractivity contribution in [3.05, 3.63) is 11.9 Å². The maximum Gasteiger partial charge on any atom is 0.224 e. The minimum absolute atomic E-state index is 0.0122. The molecule has 0 aliphatic carbocycles. The largest absolute Gasteiger partial charge is 0.384 e. The number of fused-ring (bicyclic) bond motifs is 1. The van der Waals surface area contributed by atoms with Crippen molar-refractivity contribution >= 4 is 27.0 Å². The van der Waals surface area contributed by atoms with Crippen molar-refractivity contribution in [2.75, 3.05) is 45.6 Å². The number of carbonyl (C=O) groups is 1. The second-order valence-corrected chi connectivity index (χ2v) is 8.93. The molecule has 0 unspecified atom stereocenters. The Hall–Kier alpha value is -1.98. The highest BCUT2D eigenvalue weighted by atomic mass is 32.2. The Morgan fingerprint density at radius 2 is 1.93 bits per heavy atom. The smallest absolute Gasteiger partial charge is 0.224 e. The van der Waals surface area contributed by atoms with Crippen molar-refractivity contribution in [2.45, 2.75) is 33.4 Å². The highest BCUT2D eigenvalue weighted by molar-refractivity contribution is 7.89. The quantitative estimate of drug-likeness (QED) is 0.608. The average molecular weight is 413 g/mol. The summed E-state index contributed by atoms with van der Waals surface area (Å²) in [6.07, 6.45) is 2.11. The number of carbonyl (C=O) groups excluding carboxylic acids is 1. The number of aryl methyl sites for hydroxylation is 3. The van der Waals surface area contributed by atoms with Crippen LogP contribution in [0.3, 0.4) is 0 Å². The molecule has 0 aromatic carbocycles. The molecular weight excluding hydrogens is 384 g/mol. The van der Waals surface area contributed by atoms with E-state index in [0.29, 0.717) is 39.1 Å². The van der Waals surface area contributed by atoms with Gasteiger partial charge in [0.25, 0.3) is 0 Å². The predicted molar refractivity (Wildman–Crippen MR) is 104 cm³/mol. The molecule has 1 aliphatic rings. The lowest BCUT2D eigenvalue weighted by Crippen LogP contribution is -2.51. The van der Waals surface area contributed by atoms with Crippen molar-refractivity contribution in [1.29, 1.82) is 0 Å². The molecular formula is C17H28N6O4S. The minimum Gasteiger partial charge on any atom is -0.384 e. The second kappa shape index (κ2) is 8.58. The Balaban J connectivity index is 1.55. The molecule has 3 heterocycles. The summed E-state index contributed by atoms with van der Waals surface area (Å²) in [7, 11) is -1.84. The van der Waals surface area contributed by atoms with Gasteiger partial charge in [-0.1, -0.05) is 0 Å². The van der Waals surface area contributed by atoms with Crippen molar-refractivity contribution in [2.24, 2.45) is 0 Å². The van der Waals surface area contributed by atoms with Gasteiger partial charge in [-0.3, -0.25) is 14.2 Å². The van der Waals surface area contributed by atoms with E-state index in [1.54, 1.807) is 11.1 Å². The summed E-state index contributed by atoms with van der Waals surface area (Å²) in [4.78, 5) is 14.3. The van der Waals surface area contributed by atoms with Crippen LogP contribution in [-0.4, -0.2) is 88.7 Å². The van der Waals surface area contributed by atoms with Gasteiger partial charge in [-0.05, 0) is 13.8 Å². The first-order valence-electron chi connectivity index (χ1n) is 9.50. The normalized spacial score (nSPS) is 16.2. The number of sulfonamides is 1. The van der Waals surface area contributed by atoms with Gasteiger partial charge in [-0.2, -0.15) is 14.5 Å². The van der Waals surface area contributed by atoms with E-state index in [-0.39, 0.29) is 18.3 Å². The highest BCUT2D eigenvalue weighted by Crippen LogP contribution is 2.18. The highest BCUT2D eigenvalue weighted by Gasteiger charge is 2.28. The predicted octanol–water partition coefficient (Wildman–Crippen LogP) is 0.0716. The van der Waals surface area contributed by atoms with Crippen LogP contribution in [0.15, 0.2) is 6.20 Å². The van der Waals surface area contributed by atoms with Crippen molar-refractivity contribution < 1.29 is 17.9 Å². The lowest BCUT2D eigenvalue weighted by molar-refractivity contribution is -0.132. The van der Waals surface area contributed by atoms with Crippen LogP contribution in [-0.2, 0) is 32.6 Å². The first-order valence-corrected chi connectivity index (χ1v) is 11.1. The number of piperazine rings is 1. The summed E-state index contributed by atoms with van der Waals surface area (Å²) < 4.78 is 34.4. The molecule has 0 radical (unpaired) electrons. The summed E-state index contributed by atoms with van der Waals surface area (Å²) >= 11 is 0. The SMILES string of the molecule is CCn1nc(C)c2c1cnn2CCC(=O)N1CCN(S(=O)(=O)CCOC)CC1. The van der Waals surface area contributed by atoms with Gasteiger partial charge in [0, 0.05) is 46.3 Å². The fourth-order valence-electron chi connectivity index (χ4n) is 3.52. The van der Waals surface area contributed by atoms with Gasteiger partial charge in [0.1, 0.15) is 11.0 Å². The Bertz CT molecular complexity index is 927. The van der Waals surface area contributed by atoms with E-state index in [1.807, 2.05) is 23.2 Å². The molecule has 0 bridgehead atoms. The topological polar surface area (TPSA) is 103 Å². The minimum atomic E-state index is -3.32. The fraction of sp³-hybridized carbons (Fsp3) is 0.706. The van der Waals surface area contributed by atoms with E-state index in [2.05, 4.69) is 10.2 Å². The van der Waals surface area contributed by atoms with E-state index in [9.17, 15) is 13.2 Å². The molecule has 1 saturated heterocycles. The number of nitrogens with zero attached hydrogens (tertiary/aromatic N) is 6. The fourth-order valence-corrected chi connectivity index (χ4v) is 4.88. The summed E-state index contributed by atoms with van der Waals surface area (Å²) in [6, 6.07) is 0. The average Bonchev–Trinajstić information content (AvgIpc) is 3.25. The lowest BCUT2D eigenvalue weighted by Gasteiger charge is -2.34. The lowest BCUT2D eigenvalue weighted by atomic mass is 10.3. The Labute approximate surface area is 165 Å². The number of aromatic nitrogens is 4. The first-order chi connectivity index (χ1) is 13.4. The van der Waals surface area contributed by atoms with Crippen LogP contribution in [0.4, 0.5) is 0 Å².